The van der Waals surface area contributed by atoms with Gasteiger partial charge in [0.25, 0.3) is 5.69 Å². The lowest BCUT2D eigenvalue weighted by Gasteiger charge is -2.38. The summed E-state index contributed by atoms with van der Waals surface area (Å²) in [6, 6.07) is 6.05. The van der Waals surface area contributed by atoms with Gasteiger partial charge in [-0.15, -0.1) is 0 Å². The first-order valence-corrected chi connectivity index (χ1v) is 9.31. The molecule has 0 radical (unpaired) electrons. The second-order valence-electron chi connectivity index (χ2n) is 7.02. The molecule has 0 aromatic heterocycles. The van der Waals surface area contributed by atoms with Crippen LogP contribution in [-0.4, -0.2) is 27.8 Å². The number of nitro benzene ring substituents is 1. The molecule has 2 atom stereocenters. The number of aliphatic hydroxyl groups is 1. The highest BCUT2D eigenvalue weighted by molar-refractivity contribution is 5.90. The Morgan fingerprint density at radius 1 is 1.39 bits per heavy atom. The highest BCUT2D eigenvalue weighted by Gasteiger charge is 2.42. The standard InChI is InChI=1S/C20H26N2O6/c1-4-20(3)14(2)18(23)17(19(24)28-20)7-5-6-12-21-27-13-15-8-10-16(11-9-15)22(25)26/h8-12,14,23H,4-7,13H2,1-3H3. The number of carbonyl (C=O) groups is 1. The largest absolute Gasteiger partial charge is 0.511 e. The fraction of sp³-hybridized carbons (Fsp3) is 0.500. The van der Waals surface area contributed by atoms with Crippen molar-refractivity contribution in [2.24, 2.45) is 11.1 Å². The fourth-order valence-electron chi connectivity index (χ4n) is 2.93. The number of aliphatic hydroxyl groups excluding tert-OH is 1. The first-order chi connectivity index (χ1) is 13.3. The number of rotatable bonds is 9. The second-order valence-corrected chi connectivity index (χ2v) is 7.02. The van der Waals surface area contributed by atoms with Crippen LogP contribution < -0.4 is 0 Å². The average Bonchev–Trinajstić information content (AvgIpc) is 2.68. The van der Waals surface area contributed by atoms with Crippen molar-refractivity contribution in [3.63, 3.8) is 0 Å². The molecular weight excluding hydrogens is 364 g/mol. The molecule has 1 aromatic rings. The minimum Gasteiger partial charge on any atom is -0.511 e. The summed E-state index contributed by atoms with van der Waals surface area (Å²) in [6.45, 7) is 5.82. The van der Waals surface area contributed by atoms with Gasteiger partial charge in [0.05, 0.1) is 16.4 Å². The van der Waals surface area contributed by atoms with Crippen molar-refractivity contribution in [1.82, 2.24) is 0 Å². The van der Waals surface area contributed by atoms with Gasteiger partial charge in [-0.1, -0.05) is 19.0 Å². The molecule has 0 aliphatic carbocycles. The van der Waals surface area contributed by atoms with Gasteiger partial charge in [0.2, 0.25) is 0 Å². The van der Waals surface area contributed by atoms with Crippen molar-refractivity contribution in [1.29, 1.82) is 0 Å². The Bertz CT molecular complexity index is 771. The minimum absolute atomic E-state index is 0.0274. The highest BCUT2D eigenvalue weighted by Crippen LogP contribution is 2.37. The molecular formula is C20H26N2O6. The topological polar surface area (TPSA) is 111 Å². The van der Waals surface area contributed by atoms with Gasteiger partial charge in [-0.2, -0.15) is 0 Å². The summed E-state index contributed by atoms with van der Waals surface area (Å²) in [6.07, 6.45) is 3.83. The number of oxime groups is 1. The van der Waals surface area contributed by atoms with E-state index in [9.17, 15) is 20.0 Å². The van der Waals surface area contributed by atoms with Crippen molar-refractivity contribution in [3.8, 4) is 0 Å². The number of cyclic esters (lactones) is 1. The average molecular weight is 390 g/mol. The Balaban J connectivity index is 1.76. The van der Waals surface area contributed by atoms with Gasteiger partial charge in [0.15, 0.2) is 0 Å². The monoisotopic (exact) mass is 390 g/mol. The van der Waals surface area contributed by atoms with E-state index in [1.807, 2.05) is 20.8 Å². The molecule has 0 spiro atoms. The maximum absolute atomic E-state index is 12.2. The molecule has 1 N–H and O–H groups in total. The summed E-state index contributed by atoms with van der Waals surface area (Å²) in [5.74, 6) is -0.567. The maximum atomic E-state index is 12.2. The summed E-state index contributed by atoms with van der Waals surface area (Å²) in [4.78, 5) is 27.5. The lowest BCUT2D eigenvalue weighted by molar-refractivity contribution is -0.384. The van der Waals surface area contributed by atoms with Gasteiger partial charge in [-0.3, -0.25) is 10.1 Å². The fourth-order valence-corrected chi connectivity index (χ4v) is 2.93. The van der Waals surface area contributed by atoms with Crippen molar-refractivity contribution in [2.75, 3.05) is 0 Å². The van der Waals surface area contributed by atoms with Crippen LogP contribution in [0.4, 0.5) is 5.69 Å². The van der Waals surface area contributed by atoms with Crippen LogP contribution in [0, 0.1) is 16.0 Å². The zero-order chi connectivity index (χ0) is 20.7. The number of benzene rings is 1. The van der Waals surface area contributed by atoms with Crippen LogP contribution in [0.2, 0.25) is 0 Å². The Kier molecular flexibility index (Phi) is 7.14. The van der Waals surface area contributed by atoms with Crippen molar-refractivity contribution in [2.45, 2.75) is 58.7 Å². The highest BCUT2D eigenvalue weighted by atomic mass is 16.6. The van der Waals surface area contributed by atoms with E-state index >= 15 is 0 Å². The first-order valence-electron chi connectivity index (χ1n) is 9.31. The van der Waals surface area contributed by atoms with Crippen LogP contribution in [0.1, 0.15) is 52.0 Å². The van der Waals surface area contributed by atoms with Crippen LogP contribution in [0.3, 0.4) is 0 Å². The third kappa shape index (κ3) is 5.09. The molecule has 1 heterocycles. The van der Waals surface area contributed by atoms with Crippen LogP contribution in [0.5, 0.6) is 0 Å². The van der Waals surface area contributed by atoms with Crippen LogP contribution in [0.15, 0.2) is 40.8 Å². The SMILES string of the molecule is CCC1(C)OC(=O)C(CCCC=NOCc2ccc([N+](=O)[O-])cc2)=C(O)C1C. The van der Waals surface area contributed by atoms with Crippen LogP contribution in [0.25, 0.3) is 0 Å². The number of nitrogens with zero attached hydrogens (tertiary/aromatic N) is 2. The number of carbonyl (C=O) groups excluding carboxylic acids is 1. The quantitative estimate of drug-likeness (QED) is 0.219. The second kappa shape index (κ2) is 9.34. The molecule has 2 unspecified atom stereocenters. The third-order valence-electron chi connectivity index (χ3n) is 5.20. The first kappa shape index (κ1) is 21.4. The van der Waals surface area contributed by atoms with E-state index < -0.39 is 16.5 Å². The Hall–Kier alpha value is -2.90. The van der Waals surface area contributed by atoms with E-state index in [-0.39, 0.29) is 24.0 Å². The predicted octanol–water partition coefficient (Wildman–Crippen LogP) is 4.44. The molecule has 0 fully saturated rings. The molecule has 1 aromatic carbocycles. The number of hydrogen-bond acceptors (Lipinski definition) is 7. The minimum atomic E-state index is -0.669. The Morgan fingerprint density at radius 2 is 2.07 bits per heavy atom. The molecule has 0 saturated heterocycles. The van der Waals surface area contributed by atoms with Gasteiger partial charge in [0, 0.05) is 18.3 Å². The molecule has 152 valence electrons. The molecule has 0 bridgehead atoms. The summed E-state index contributed by atoms with van der Waals surface area (Å²) >= 11 is 0. The lowest BCUT2D eigenvalue weighted by atomic mass is 9.82. The number of esters is 1. The molecule has 0 saturated carbocycles. The number of unbranched alkanes of at least 4 members (excludes halogenated alkanes) is 1. The Labute approximate surface area is 164 Å². The van der Waals surface area contributed by atoms with Gasteiger partial charge < -0.3 is 14.7 Å². The van der Waals surface area contributed by atoms with Gasteiger partial charge in [-0.05, 0) is 50.3 Å². The molecule has 8 nitrogen and oxygen atoms in total. The molecule has 28 heavy (non-hydrogen) atoms. The number of non-ortho nitro benzene ring substituents is 1. The van der Waals surface area contributed by atoms with E-state index in [0.29, 0.717) is 31.3 Å². The molecule has 2 rings (SSSR count). The Morgan fingerprint density at radius 3 is 2.68 bits per heavy atom. The van der Waals surface area contributed by atoms with E-state index in [1.165, 1.54) is 12.1 Å². The molecule has 0 amide bonds. The third-order valence-corrected chi connectivity index (χ3v) is 5.20. The summed E-state index contributed by atoms with van der Waals surface area (Å²) in [5.41, 5.74) is 0.464. The van der Waals surface area contributed by atoms with Crippen LogP contribution in [-0.2, 0) is 21.0 Å². The van der Waals surface area contributed by atoms with E-state index in [4.69, 9.17) is 9.57 Å². The lowest BCUT2D eigenvalue weighted by Crippen LogP contribution is -2.43. The smallest absolute Gasteiger partial charge is 0.337 e. The van der Waals surface area contributed by atoms with Gasteiger partial charge in [-0.25, -0.2) is 4.79 Å². The number of nitro groups is 1. The van der Waals surface area contributed by atoms with E-state index in [2.05, 4.69) is 5.16 Å². The molecule has 1 aliphatic heterocycles. The van der Waals surface area contributed by atoms with E-state index in [0.717, 1.165) is 5.56 Å². The van der Waals surface area contributed by atoms with Gasteiger partial charge >= 0.3 is 5.97 Å². The number of ether oxygens (including phenoxy) is 1. The van der Waals surface area contributed by atoms with Crippen molar-refractivity contribution >= 4 is 17.9 Å². The maximum Gasteiger partial charge on any atom is 0.337 e. The van der Waals surface area contributed by atoms with Crippen molar-refractivity contribution in [3.05, 3.63) is 51.3 Å². The summed E-state index contributed by atoms with van der Waals surface area (Å²) < 4.78 is 5.53. The summed E-state index contributed by atoms with van der Waals surface area (Å²) in [7, 11) is 0. The van der Waals surface area contributed by atoms with Gasteiger partial charge in [0.1, 0.15) is 18.0 Å². The molecule has 8 heteroatoms. The normalized spacial score (nSPS) is 22.4. The van der Waals surface area contributed by atoms with E-state index in [1.54, 1.807) is 18.3 Å². The van der Waals surface area contributed by atoms with Crippen molar-refractivity contribution < 1.29 is 24.4 Å². The van der Waals surface area contributed by atoms with Crippen LogP contribution >= 0.6 is 0 Å². The molecule has 1 aliphatic rings. The zero-order valence-electron chi connectivity index (χ0n) is 16.4. The predicted molar refractivity (Wildman–Crippen MR) is 104 cm³/mol. The summed E-state index contributed by atoms with van der Waals surface area (Å²) in [5, 5.41) is 24.8. The number of hydrogen-bond donors (Lipinski definition) is 1. The zero-order valence-corrected chi connectivity index (χ0v) is 16.4.